The predicted molar refractivity (Wildman–Crippen MR) is 112 cm³/mol. The zero-order valence-electron chi connectivity index (χ0n) is 17.2. The number of halogens is 1. The third kappa shape index (κ3) is 3.83. The molecule has 2 aliphatic rings. The molecule has 2 aliphatic heterocycles. The van der Waals surface area contributed by atoms with Crippen LogP contribution in [0, 0.1) is 13.8 Å². The Labute approximate surface area is 176 Å². The lowest BCUT2D eigenvalue weighted by Crippen LogP contribution is -2.57. The van der Waals surface area contributed by atoms with Crippen LogP contribution in [-0.4, -0.2) is 58.5 Å². The molecular weight excluding hydrogens is 388 g/mol. The van der Waals surface area contributed by atoms with E-state index in [2.05, 4.69) is 40.8 Å². The molecule has 1 aromatic carbocycles. The molecule has 1 aromatic heterocycles. The second-order valence-corrected chi connectivity index (χ2v) is 8.28. The average Bonchev–Trinajstić information content (AvgIpc) is 2.75. The first kappa shape index (κ1) is 20.1. The number of hydrogen-bond donors (Lipinski definition) is 0. The SMILES string of the molecule is COc1ccc([C@H]2CCCC3CN(C(=O)c4cnc(Cl)nc4)CCN32)c(C)c1C. The monoisotopic (exact) mass is 414 g/mol. The standard InChI is InChI=1S/C22H27ClN4O2/c1-14-15(2)20(29-3)8-7-18(14)19-6-4-5-17-13-26(9-10-27(17)19)21(28)16-11-24-22(23)25-12-16/h7-8,11-12,17,19H,4-6,9-10,13H2,1-3H3/t17?,19-/m1/s1. The normalized spacial score (nSPS) is 22.3. The van der Waals surface area contributed by atoms with Gasteiger partial charge in [-0.25, -0.2) is 9.97 Å². The fraction of sp³-hybridized carbons (Fsp3) is 0.500. The summed E-state index contributed by atoms with van der Waals surface area (Å²) in [4.78, 5) is 25.3. The number of hydrogen-bond acceptors (Lipinski definition) is 5. The van der Waals surface area contributed by atoms with E-state index in [9.17, 15) is 4.79 Å². The fourth-order valence-corrected chi connectivity index (χ4v) is 4.87. The summed E-state index contributed by atoms with van der Waals surface area (Å²) < 4.78 is 5.49. The molecule has 0 bridgehead atoms. The number of benzene rings is 1. The number of carbonyl (C=O) groups is 1. The van der Waals surface area contributed by atoms with Gasteiger partial charge in [-0.15, -0.1) is 0 Å². The molecule has 6 nitrogen and oxygen atoms in total. The first-order chi connectivity index (χ1) is 14.0. The van der Waals surface area contributed by atoms with Gasteiger partial charge in [-0.1, -0.05) is 6.07 Å². The topological polar surface area (TPSA) is 58.6 Å². The lowest BCUT2D eigenvalue weighted by molar-refractivity contribution is 0.0101. The lowest BCUT2D eigenvalue weighted by atomic mass is 9.86. The molecular formula is C22H27ClN4O2. The first-order valence-electron chi connectivity index (χ1n) is 10.2. The van der Waals surface area contributed by atoms with Crippen molar-refractivity contribution in [3.8, 4) is 5.75 Å². The molecule has 1 amide bonds. The van der Waals surface area contributed by atoms with Crippen LogP contribution in [-0.2, 0) is 0 Å². The van der Waals surface area contributed by atoms with Crippen LogP contribution in [0.4, 0.5) is 0 Å². The number of nitrogens with zero attached hydrogens (tertiary/aromatic N) is 4. The van der Waals surface area contributed by atoms with Crippen molar-refractivity contribution >= 4 is 17.5 Å². The Kier molecular flexibility index (Phi) is 5.74. The number of fused-ring (bicyclic) bond motifs is 1. The Morgan fingerprint density at radius 3 is 2.62 bits per heavy atom. The molecule has 2 saturated heterocycles. The maximum atomic E-state index is 12.9. The highest BCUT2D eigenvalue weighted by Crippen LogP contribution is 2.39. The van der Waals surface area contributed by atoms with Gasteiger partial charge in [0.1, 0.15) is 5.75 Å². The van der Waals surface area contributed by atoms with Gasteiger partial charge in [0.2, 0.25) is 5.28 Å². The molecule has 2 fully saturated rings. The van der Waals surface area contributed by atoms with E-state index >= 15 is 0 Å². The smallest absolute Gasteiger partial charge is 0.257 e. The van der Waals surface area contributed by atoms with Crippen LogP contribution in [0.3, 0.4) is 0 Å². The Bertz CT molecular complexity index is 902. The molecule has 3 heterocycles. The molecule has 4 rings (SSSR count). The number of amides is 1. The van der Waals surface area contributed by atoms with Gasteiger partial charge in [0.05, 0.1) is 12.7 Å². The van der Waals surface area contributed by atoms with Crippen LogP contribution in [0.2, 0.25) is 5.28 Å². The average molecular weight is 415 g/mol. The summed E-state index contributed by atoms with van der Waals surface area (Å²) in [6.45, 7) is 6.65. The summed E-state index contributed by atoms with van der Waals surface area (Å²) in [5, 5.41) is 0.159. The van der Waals surface area contributed by atoms with E-state index in [-0.39, 0.29) is 11.2 Å². The van der Waals surface area contributed by atoms with Crippen molar-refractivity contribution in [1.29, 1.82) is 0 Å². The van der Waals surface area contributed by atoms with Crippen LogP contribution < -0.4 is 4.74 Å². The predicted octanol–water partition coefficient (Wildman–Crippen LogP) is 3.81. The second-order valence-electron chi connectivity index (χ2n) is 7.94. The van der Waals surface area contributed by atoms with Crippen molar-refractivity contribution in [1.82, 2.24) is 19.8 Å². The van der Waals surface area contributed by atoms with Crippen LogP contribution >= 0.6 is 11.6 Å². The lowest BCUT2D eigenvalue weighted by Gasteiger charge is -2.48. The molecule has 0 spiro atoms. The highest BCUT2D eigenvalue weighted by Gasteiger charge is 2.37. The first-order valence-corrected chi connectivity index (χ1v) is 10.5. The zero-order valence-corrected chi connectivity index (χ0v) is 17.9. The van der Waals surface area contributed by atoms with E-state index in [1.165, 1.54) is 35.5 Å². The summed E-state index contributed by atoms with van der Waals surface area (Å²) in [7, 11) is 1.72. The summed E-state index contributed by atoms with van der Waals surface area (Å²) in [6, 6.07) is 5.08. The van der Waals surface area contributed by atoms with Crippen LogP contribution in [0.15, 0.2) is 24.5 Å². The number of piperazine rings is 1. The number of piperidine rings is 1. The number of rotatable bonds is 3. The Morgan fingerprint density at radius 2 is 1.90 bits per heavy atom. The van der Waals surface area contributed by atoms with Gasteiger partial charge in [-0.2, -0.15) is 0 Å². The van der Waals surface area contributed by atoms with Crippen LogP contribution in [0.1, 0.15) is 52.4 Å². The van der Waals surface area contributed by atoms with Crippen LogP contribution in [0.5, 0.6) is 5.75 Å². The number of methoxy groups -OCH3 is 1. The van der Waals surface area contributed by atoms with Gasteiger partial charge in [0.15, 0.2) is 0 Å². The van der Waals surface area contributed by atoms with Crippen molar-refractivity contribution < 1.29 is 9.53 Å². The number of ether oxygens (including phenoxy) is 1. The molecule has 0 aliphatic carbocycles. The van der Waals surface area contributed by atoms with E-state index in [0.29, 0.717) is 24.2 Å². The molecule has 2 aromatic rings. The zero-order chi connectivity index (χ0) is 20.5. The van der Waals surface area contributed by atoms with Gasteiger partial charge < -0.3 is 9.64 Å². The summed E-state index contributed by atoms with van der Waals surface area (Å²) >= 11 is 5.75. The minimum atomic E-state index is -0.0140. The number of aromatic nitrogens is 2. The van der Waals surface area contributed by atoms with Crippen molar-refractivity contribution in [2.75, 3.05) is 26.7 Å². The maximum absolute atomic E-state index is 12.9. The summed E-state index contributed by atoms with van der Waals surface area (Å²) in [5.74, 6) is 0.930. The maximum Gasteiger partial charge on any atom is 0.257 e. The van der Waals surface area contributed by atoms with Crippen LogP contribution in [0.25, 0.3) is 0 Å². The van der Waals surface area contributed by atoms with Crippen molar-refractivity contribution in [3.63, 3.8) is 0 Å². The van der Waals surface area contributed by atoms with E-state index in [1.54, 1.807) is 7.11 Å². The highest BCUT2D eigenvalue weighted by atomic mass is 35.5. The molecule has 29 heavy (non-hydrogen) atoms. The Morgan fingerprint density at radius 1 is 1.14 bits per heavy atom. The molecule has 0 saturated carbocycles. The second kappa shape index (κ2) is 8.28. The van der Waals surface area contributed by atoms with Crippen molar-refractivity contribution in [3.05, 3.63) is 52.1 Å². The minimum absolute atomic E-state index is 0.0140. The third-order valence-corrected chi connectivity index (χ3v) is 6.65. The van der Waals surface area contributed by atoms with Crippen molar-refractivity contribution in [2.45, 2.75) is 45.2 Å². The molecule has 7 heteroatoms. The Balaban J connectivity index is 1.52. The van der Waals surface area contributed by atoms with E-state index in [1.807, 2.05) is 4.90 Å². The van der Waals surface area contributed by atoms with Gasteiger partial charge in [0, 0.05) is 44.1 Å². The number of carbonyl (C=O) groups excluding carboxylic acids is 1. The minimum Gasteiger partial charge on any atom is -0.496 e. The van der Waals surface area contributed by atoms with E-state index in [0.717, 1.165) is 31.7 Å². The largest absolute Gasteiger partial charge is 0.496 e. The molecule has 0 N–H and O–H groups in total. The third-order valence-electron chi connectivity index (χ3n) is 6.46. The molecule has 1 unspecified atom stereocenters. The molecule has 0 radical (unpaired) electrons. The fourth-order valence-electron chi connectivity index (χ4n) is 4.77. The van der Waals surface area contributed by atoms with Gasteiger partial charge in [-0.3, -0.25) is 9.69 Å². The molecule has 154 valence electrons. The van der Waals surface area contributed by atoms with Crippen molar-refractivity contribution in [2.24, 2.45) is 0 Å². The summed E-state index contributed by atoms with van der Waals surface area (Å²) in [6.07, 6.45) is 6.46. The van der Waals surface area contributed by atoms with E-state index < -0.39 is 0 Å². The van der Waals surface area contributed by atoms with Gasteiger partial charge >= 0.3 is 0 Å². The van der Waals surface area contributed by atoms with E-state index in [4.69, 9.17) is 16.3 Å². The van der Waals surface area contributed by atoms with Gasteiger partial charge in [-0.05, 0) is 67.5 Å². The Hall–Kier alpha value is -2.18. The summed E-state index contributed by atoms with van der Waals surface area (Å²) in [5.41, 5.74) is 4.41. The highest BCUT2D eigenvalue weighted by molar-refractivity contribution is 6.28. The molecule has 2 atom stereocenters. The quantitative estimate of drug-likeness (QED) is 0.715. The van der Waals surface area contributed by atoms with Gasteiger partial charge in [0.25, 0.3) is 5.91 Å².